The summed E-state index contributed by atoms with van der Waals surface area (Å²) in [6, 6.07) is 0. The molecule has 1 aliphatic carbocycles. The zero-order valence-corrected chi connectivity index (χ0v) is 8.31. The molecule has 1 amide bonds. The number of hydrogen-bond acceptors (Lipinski definition) is 2. The predicted octanol–water partition coefficient (Wildman–Crippen LogP) is 0.608. The highest BCUT2D eigenvalue weighted by molar-refractivity contribution is 5.83. The van der Waals surface area contributed by atoms with Crippen LogP contribution in [0.3, 0.4) is 0 Å². The van der Waals surface area contributed by atoms with Gasteiger partial charge in [-0.25, -0.2) is 0 Å². The van der Waals surface area contributed by atoms with E-state index >= 15 is 0 Å². The molecule has 2 rings (SSSR count). The highest BCUT2D eigenvalue weighted by Crippen LogP contribution is 2.41. The van der Waals surface area contributed by atoms with Gasteiger partial charge in [-0.3, -0.25) is 4.79 Å². The average molecular weight is 182 g/mol. The Morgan fingerprint density at radius 1 is 1.31 bits per heavy atom. The molecule has 0 spiro atoms. The van der Waals surface area contributed by atoms with E-state index in [1.165, 1.54) is 6.42 Å². The van der Waals surface area contributed by atoms with Gasteiger partial charge in [-0.15, -0.1) is 0 Å². The summed E-state index contributed by atoms with van der Waals surface area (Å²) < 4.78 is 0. The maximum absolute atomic E-state index is 12.0. The second-order valence-corrected chi connectivity index (χ2v) is 4.46. The van der Waals surface area contributed by atoms with Gasteiger partial charge in [0, 0.05) is 31.6 Å². The average Bonchev–Trinajstić information content (AvgIpc) is 2.14. The van der Waals surface area contributed by atoms with Crippen LogP contribution < -0.4 is 5.32 Å². The number of carbonyl (C=O) groups is 1. The SMILES string of the molecule is CC1(C(=O)N2CCNCC2)CCC1. The van der Waals surface area contributed by atoms with E-state index in [4.69, 9.17) is 0 Å². The lowest BCUT2D eigenvalue weighted by Crippen LogP contribution is -2.53. The molecule has 0 aromatic heterocycles. The minimum absolute atomic E-state index is 0.00264. The van der Waals surface area contributed by atoms with E-state index < -0.39 is 0 Å². The van der Waals surface area contributed by atoms with Crippen molar-refractivity contribution in [2.24, 2.45) is 5.41 Å². The molecule has 0 radical (unpaired) electrons. The largest absolute Gasteiger partial charge is 0.340 e. The van der Waals surface area contributed by atoms with Crippen molar-refractivity contribution in [3.05, 3.63) is 0 Å². The zero-order chi connectivity index (χ0) is 9.31. The van der Waals surface area contributed by atoms with E-state index in [-0.39, 0.29) is 5.41 Å². The zero-order valence-electron chi connectivity index (χ0n) is 8.31. The number of nitrogens with one attached hydrogen (secondary N) is 1. The standard InChI is InChI=1S/C10H18N2O/c1-10(3-2-4-10)9(13)12-7-5-11-6-8-12/h11H,2-8H2,1H3. The van der Waals surface area contributed by atoms with Crippen molar-refractivity contribution in [1.29, 1.82) is 0 Å². The van der Waals surface area contributed by atoms with Crippen LogP contribution in [-0.4, -0.2) is 37.0 Å². The van der Waals surface area contributed by atoms with E-state index in [9.17, 15) is 4.79 Å². The van der Waals surface area contributed by atoms with Gasteiger partial charge in [0.1, 0.15) is 0 Å². The molecule has 0 bridgehead atoms. The summed E-state index contributed by atoms with van der Waals surface area (Å²) in [5.74, 6) is 0.389. The molecule has 1 aliphatic heterocycles. The Labute approximate surface area is 79.5 Å². The third kappa shape index (κ3) is 1.57. The van der Waals surface area contributed by atoms with Crippen molar-refractivity contribution >= 4 is 5.91 Å². The Kier molecular flexibility index (Phi) is 2.28. The van der Waals surface area contributed by atoms with Gasteiger partial charge in [0.2, 0.25) is 5.91 Å². The van der Waals surface area contributed by atoms with Crippen molar-refractivity contribution in [2.75, 3.05) is 26.2 Å². The van der Waals surface area contributed by atoms with Crippen molar-refractivity contribution in [1.82, 2.24) is 10.2 Å². The second-order valence-electron chi connectivity index (χ2n) is 4.46. The molecule has 74 valence electrons. The molecular formula is C10H18N2O. The predicted molar refractivity (Wildman–Crippen MR) is 51.4 cm³/mol. The molecule has 1 N–H and O–H groups in total. The van der Waals surface area contributed by atoms with Crippen LogP contribution in [0.4, 0.5) is 0 Å². The maximum atomic E-state index is 12.0. The van der Waals surface area contributed by atoms with Crippen LogP contribution >= 0.6 is 0 Å². The fraction of sp³-hybridized carbons (Fsp3) is 0.900. The van der Waals surface area contributed by atoms with Gasteiger partial charge in [0.15, 0.2) is 0 Å². The van der Waals surface area contributed by atoms with Gasteiger partial charge in [0.25, 0.3) is 0 Å². The summed E-state index contributed by atoms with van der Waals surface area (Å²) in [7, 11) is 0. The number of rotatable bonds is 1. The number of nitrogens with zero attached hydrogens (tertiary/aromatic N) is 1. The number of carbonyl (C=O) groups excluding carboxylic acids is 1. The van der Waals surface area contributed by atoms with Gasteiger partial charge in [-0.05, 0) is 12.8 Å². The van der Waals surface area contributed by atoms with Gasteiger partial charge in [0.05, 0.1) is 0 Å². The van der Waals surface area contributed by atoms with Crippen LogP contribution in [0, 0.1) is 5.41 Å². The molecule has 3 heteroatoms. The monoisotopic (exact) mass is 182 g/mol. The molecule has 2 aliphatic rings. The Morgan fingerprint density at radius 2 is 1.92 bits per heavy atom. The van der Waals surface area contributed by atoms with Crippen molar-refractivity contribution in [2.45, 2.75) is 26.2 Å². The van der Waals surface area contributed by atoms with Crippen LogP contribution in [0.2, 0.25) is 0 Å². The van der Waals surface area contributed by atoms with Crippen LogP contribution in [0.5, 0.6) is 0 Å². The molecule has 0 aromatic rings. The lowest BCUT2D eigenvalue weighted by molar-refractivity contribution is -0.146. The molecular weight excluding hydrogens is 164 g/mol. The maximum Gasteiger partial charge on any atom is 0.228 e. The Hall–Kier alpha value is -0.570. The van der Waals surface area contributed by atoms with E-state index in [1.54, 1.807) is 0 Å². The lowest BCUT2D eigenvalue weighted by atomic mass is 9.69. The van der Waals surface area contributed by atoms with Crippen molar-refractivity contribution in [3.63, 3.8) is 0 Å². The minimum Gasteiger partial charge on any atom is -0.340 e. The summed E-state index contributed by atoms with van der Waals surface area (Å²) in [6.45, 7) is 5.83. The molecule has 13 heavy (non-hydrogen) atoms. The summed E-state index contributed by atoms with van der Waals surface area (Å²) in [5.41, 5.74) is -0.00264. The number of piperazine rings is 1. The summed E-state index contributed by atoms with van der Waals surface area (Å²) in [5, 5.41) is 3.26. The lowest BCUT2D eigenvalue weighted by Gasteiger charge is -2.42. The van der Waals surface area contributed by atoms with Gasteiger partial charge < -0.3 is 10.2 Å². The molecule has 3 nitrogen and oxygen atoms in total. The third-order valence-corrected chi connectivity index (χ3v) is 3.38. The van der Waals surface area contributed by atoms with Gasteiger partial charge in [-0.2, -0.15) is 0 Å². The third-order valence-electron chi connectivity index (χ3n) is 3.38. The van der Waals surface area contributed by atoms with E-state index in [1.807, 2.05) is 4.90 Å². The van der Waals surface area contributed by atoms with E-state index in [0.29, 0.717) is 5.91 Å². The first kappa shape index (κ1) is 9.00. The van der Waals surface area contributed by atoms with Crippen molar-refractivity contribution in [3.8, 4) is 0 Å². The Morgan fingerprint density at radius 3 is 2.38 bits per heavy atom. The Bertz CT molecular complexity index is 205. The molecule has 1 saturated carbocycles. The fourth-order valence-corrected chi connectivity index (χ4v) is 2.17. The normalized spacial score (nSPS) is 26.7. The van der Waals surface area contributed by atoms with E-state index in [0.717, 1.165) is 39.0 Å². The Balaban J connectivity index is 1.95. The highest BCUT2D eigenvalue weighted by atomic mass is 16.2. The van der Waals surface area contributed by atoms with Gasteiger partial charge >= 0.3 is 0 Å². The molecule has 0 aromatic carbocycles. The molecule has 0 atom stereocenters. The number of amides is 1. The van der Waals surface area contributed by atoms with E-state index in [2.05, 4.69) is 12.2 Å². The quantitative estimate of drug-likeness (QED) is 0.644. The highest BCUT2D eigenvalue weighted by Gasteiger charge is 2.41. The summed E-state index contributed by atoms with van der Waals surface area (Å²) in [6.07, 6.45) is 3.42. The molecule has 0 unspecified atom stereocenters. The summed E-state index contributed by atoms with van der Waals surface area (Å²) >= 11 is 0. The molecule has 1 heterocycles. The number of hydrogen-bond donors (Lipinski definition) is 1. The molecule has 1 saturated heterocycles. The van der Waals surface area contributed by atoms with Gasteiger partial charge in [-0.1, -0.05) is 13.3 Å². The minimum atomic E-state index is -0.00264. The first-order valence-corrected chi connectivity index (χ1v) is 5.22. The second kappa shape index (κ2) is 3.29. The molecule has 2 fully saturated rings. The van der Waals surface area contributed by atoms with Crippen molar-refractivity contribution < 1.29 is 4.79 Å². The smallest absolute Gasteiger partial charge is 0.228 e. The van der Waals surface area contributed by atoms with Crippen LogP contribution in [0.1, 0.15) is 26.2 Å². The van der Waals surface area contributed by atoms with Crippen LogP contribution in [-0.2, 0) is 4.79 Å². The summed E-state index contributed by atoms with van der Waals surface area (Å²) in [4.78, 5) is 14.0. The fourth-order valence-electron chi connectivity index (χ4n) is 2.17. The first-order valence-electron chi connectivity index (χ1n) is 5.22. The van der Waals surface area contributed by atoms with Crippen LogP contribution in [0.15, 0.2) is 0 Å². The first-order chi connectivity index (χ1) is 6.22. The van der Waals surface area contributed by atoms with Crippen LogP contribution in [0.25, 0.3) is 0 Å². The topological polar surface area (TPSA) is 32.3 Å².